The van der Waals surface area contributed by atoms with E-state index < -0.39 is 11.7 Å². The maximum absolute atomic E-state index is 12.3. The van der Waals surface area contributed by atoms with E-state index in [0.717, 1.165) is 23.4 Å². The van der Waals surface area contributed by atoms with Gasteiger partial charge in [-0.1, -0.05) is 6.07 Å². The summed E-state index contributed by atoms with van der Waals surface area (Å²) < 4.78 is 1.97. The van der Waals surface area contributed by atoms with Gasteiger partial charge in [-0.05, 0) is 38.0 Å². The van der Waals surface area contributed by atoms with Crippen LogP contribution in [0.3, 0.4) is 0 Å². The van der Waals surface area contributed by atoms with Crippen LogP contribution in [0, 0.1) is 13.8 Å². The van der Waals surface area contributed by atoms with Crippen molar-refractivity contribution in [2.45, 2.75) is 33.9 Å². The second kappa shape index (κ2) is 4.84. The maximum atomic E-state index is 12.3. The molecule has 1 aliphatic rings. The molecular weight excluding hydrogens is 266 g/mol. The summed E-state index contributed by atoms with van der Waals surface area (Å²) in [7, 11) is 0. The number of aryl methyl sites for hydroxylation is 3. The van der Waals surface area contributed by atoms with Gasteiger partial charge in [-0.2, -0.15) is 0 Å². The summed E-state index contributed by atoms with van der Waals surface area (Å²) in [5.74, 6) is -0.868. The fraction of sp³-hybridized carbons (Fsp3) is 0.312. The summed E-state index contributed by atoms with van der Waals surface area (Å²) in [5, 5.41) is 0. The fourth-order valence-corrected chi connectivity index (χ4v) is 2.88. The van der Waals surface area contributed by atoms with E-state index in [1.54, 1.807) is 17.4 Å². The van der Waals surface area contributed by atoms with E-state index in [-0.39, 0.29) is 0 Å². The van der Waals surface area contributed by atoms with E-state index in [2.05, 4.69) is 4.98 Å². The molecule has 108 valence electrons. The van der Waals surface area contributed by atoms with Crippen molar-refractivity contribution in [3.63, 3.8) is 0 Å². The average Bonchev–Trinajstić information content (AvgIpc) is 2.97. The first-order valence-corrected chi connectivity index (χ1v) is 6.99. The highest BCUT2D eigenvalue weighted by Crippen LogP contribution is 2.33. The quantitative estimate of drug-likeness (QED) is 0.812. The molecule has 0 saturated carbocycles. The molecule has 0 atom stereocenters. The minimum atomic E-state index is -0.456. The van der Waals surface area contributed by atoms with Crippen molar-refractivity contribution in [1.29, 1.82) is 0 Å². The van der Waals surface area contributed by atoms with Gasteiger partial charge in [0.25, 0.3) is 11.7 Å². The van der Waals surface area contributed by atoms with Crippen LogP contribution in [0.25, 0.3) is 0 Å². The van der Waals surface area contributed by atoms with E-state index in [1.165, 1.54) is 0 Å². The Morgan fingerprint density at radius 2 is 1.95 bits per heavy atom. The molecule has 5 nitrogen and oxygen atoms in total. The molecule has 2 aromatic rings. The summed E-state index contributed by atoms with van der Waals surface area (Å²) in [6.07, 6.45) is 3.47. The number of carbonyl (C=O) groups is 2. The third-order valence-corrected chi connectivity index (χ3v) is 3.88. The van der Waals surface area contributed by atoms with Crippen LogP contribution >= 0.6 is 0 Å². The number of anilines is 1. The lowest BCUT2D eigenvalue weighted by atomic mass is 10.0. The molecule has 3 rings (SSSR count). The molecule has 1 aromatic heterocycles. The first-order valence-electron chi connectivity index (χ1n) is 6.99. The number of benzene rings is 1. The zero-order valence-electron chi connectivity index (χ0n) is 12.4. The number of amides is 1. The standard InChI is InChI=1S/C16H17N3O2/c1-4-18-9-17-7-12(18)8-19-13-6-10(2)5-11(3)14(13)15(20)16(19)21/h5-7,9H,4,8H2,1-3H3. The lowest BCUT2D eigenvalue weighted by molar-refractivity contribution is -0.114. The SMILES string of the molecule is CCn1cncc1CN1C(=O)C(=O)c2c(C)cc(C)cc21. The van der Waals surface area contributed by atoms with Crippen molar-refractivity contribution in [1.82, 2.24) is 9.55 Å². The van der Waals surface area contributed by atoms with Crippen LogP contribution in [-0.4, -0.2) is 21.2 Å². The molecular formula is C16H17N3O2. The predicted octanol–water partition coefficient (Wildman–Crippen LogP) is 2.25. The molecule has 21 heavy (non-hydrogen) atoms. The fourth-order valence-electron chi connectivity index (χ4n) is 2.88. The molecule has 1 aliphatic heterocycles. The van der Waals surface area contributed by atoms with E-state index in [9.17, 15) is 9.59 Å². The summed E-state index contributed by atoms with van der Waals surface area (Å²) in [6.45, 7) is 7.01. The lowest BCUT2D eigenvalue weighted by Gasteiger charge is -2.18. The number of nitrogens with zero attached hydrogens (tertiary/aromatic N) is 3. The van der Waals surface area contributed by atoms with Gasteiger partial charge in [0.1, 0.15) is 0 Å². The minimum absolute atomic E-state index is 0.369. The Bertz CT molecular complexity index is 746. The number of carbonyl (C=O) groups excluding carboxylic acids is 2. The molecule has 2 heterocycles. The zero-order chi connectivity index (χ0) is 15.1. The molecule has 0 bridgehead atoms. The number of rotatable bonds is 3. The summed E-state index contributed by atoms with van der Waals surface area (Å²) in [4.78, 5) is 30.2. The Kier molecular flexibility index (Phi) is 3.12. The zero-order valence-corrected chi connectivity index (χ0v) is 12.4. The monoisotopic (exact) mass is 283 g/mol. The number of ketones is 1. The smallest absolute Gasteiger partial charge is 0.299 e. The molecule has 0 N–H and O–H groups in total. The molecule has 0 unspecified atom stereocenters. The minimum Gasteiger partial charge on any atom is -0.333 e. The van der Waals surface area contributed by atoms with E-state index >= 15 is 0 Å². The third-order valence-electron chi connectivity index (χ3n) is 3.88. The van der Waals surface area contributed by atoms with Gasteiger partial charge in [-0.25, -0.2) is 4.98 Å². The second-order valence-corrected chi connectivity index (χ2v) is 5.37. The number of aromatic nitrogens is 2. The molecule has 5 heteroatoms. The molecule has 0 spiro atoms. The second-order valence-electron chi connectivity index (χ2n) is 5.37. The van der Waals surface area contributed by atoms with Crippen molar-refractivity contribution in [2.75, 3.05) is 4.90 Å². The molecule has 0 aliphatic carbocycles. The van der Waals surface area contributed by atoms with Crippen LogP contribution in [-0.2, 0) is 17.9 Å². The Morgan fingerprint density at radius 3 is 2.67 bits per heavy atom. The van der Waals surface area contributed by atoms with Crippen molar-refractivity contribution in [3.8, 4) is 0 Å². The van der Waals surface area contributed by atoms with E-state index in [1.807, 2.05) is 37.5 Å². The van der Waals surface area contributed by atoms with Crippen molar-refractivity contribution >= 4 is 17.4 Å². The van der Waals surface area contributed by atoms with Crippen LogP contribution in [0.15, 0.2) is 24.7 Å². The van der Waals surface area contributed by atoms with Gasteiger partial charge in [0.05, 0.1) is 29.8 Å². The van der Waals surface area contributed by atoms with Crippen molar-refractivity contribution in [3.05, 3.63) is 47.0 Å². The third kappa shape index (κ3) is 2.05. The Morgan fingerprint density at radius 1 is 1.19 bits per heavy atom. The highest BCUT2D eigenvalue weighted by atomic mass is 16.2. The normalized spacial score (nSPS) is 14.0. The van der Waals surface area contributed by atoms with Crippen LogP contribution in [0.2, 0.25) is 0 Å². The topological polar surface area (TPSA) is 55.2 Å². The summed E-state index contributed by atoms with van der Waals surface area (Å²) >= 11 is 0. The van der Waals surface area contributed by atoms with E-state index in [0.29, 0.717) is 17.8 Å². The highest BCUT2D eigenvalue weighted by Gasteiger charge is 2.37. The van der Waals surface area contributed by atoms with Gasteiger partial charge < -0.3 is 4.57 Å². The van der Waals surface area contributed by atoms with Gasteiger partial charge in [0.15, 0.2) is 0 Å². The molecule has 0 saturated heterocycles. The Hall–Kier alpha value is -2.43. The number of fused-ring (bicyclic) bond motifs is 1. The average molecular weight is 283 g/mol. The number of hydrogen-bond donors (Lipinski definition) is 0. The van der Waals surface area contributed by atoms with Crippen LogP contribution in [0.1, 0.15) is 34.1 Å². The number of Topliss-reactive ketones (excluding diaryl/α,β-unsaturated/α-hetero) is 1. The van der Waals surface area contributed by atoms with Gasteiger partial charge >= 0.3 is 0 Å². The van der Waals surface area contributed by atoms with Crippen LogP contribution < -0.4 is 4.90 Å². The van der Waals surface area contributed by atoms with Crippen molar-refractivity contribution in [2.24, 2.45) is 0 Å². The molecule has 1 aromatic carbocycles. The highest BCUT2D eigenvalue weighted by molar-refractivity contribution is 6.52. The number of imidazole rings is 1. The Balaban J connectivity index is 2.06. The lowest BCUT2D eigenvalue weighted by Crippen LogP contribution is -2.30. The predicted molar refractivity (Wildman–Crippen MR) is 79.3 cm³/mol. The van der Waals surface area contributed by atoms with E-state index in [4.69, 9.17) is 0 Å². The Labute approximate surface area is 123 Å². The summed E-state index contributed by atoms with van der Waals surface area (Å²) in [6, 6.07) is 3.83. The van der Waals surface area contributed by atoms with Crippen molar-refractivity contribution < 1.29 is 9.59 Å². The largest absolute Gasteiger partial charge is 0.333 e. The van der Waals surface area contributed by atoms with Gasteiger partial charge in [0.2, 0.25) is 0 Å². The van der Waals surface area contributed by atoms with Gasteiger partial charge in [-0.3, -0.25) is 14.5 Å². The summed E-state index contributed by atoms with van der Waals surface area (Å²) in [5.41, 5.74) is 4.07. The first-order chi connectivity index (χ1) is 10.0. The maximum Gasteiger partial charge on any atom is 0.299 e. The first kappa shape index (κ1) is 13.5. The number of hydrogen-bond acceptors (Lipinski definition) is 3. The van der Waals surface area contributed by atoms with Crippen LogP contribution in [0.4, 0.5) is 5.69 Å². The van der Waals surface area contributed by atoms with Gasteiger partial charge in [0, 0.05) is 12.7 Å². The molecule has 1 amide bonds. The molecule has 0 fully saturated rings. The molecule has 0 radical (unpaired) electrons. The van der Waals surface area contributed by atoms with Gasteiger partial charge in [-0.15, -0.1) is 0 Å². The van der Waals surface area contributed by atoms with Crippen LogP contribution in [0.5, 0.6) is 0 Å².